The molecule has 5 heteroatoms. The summed E-state index contributed by atoms with van der Waals surface area (Å²) in [6.07, 6.45) is 2.86. The Labute approximate surface area is 113 Å². The number of amides is 1. The van der Waals surface area contributed by atoms with Crippen LogP contribution in [0.25, 0.3) is 0 Å². The van der Waals surface area contributed by atoms with Crippen molar-refractivity contribution in [3.05, 3.63) is 29.6 Å². The van der Waals surface area contributed by atoms with Crippen molar-refractivity contribution >= 4 is 11.6 Å². The molecule has 0 atom stereocenters. The van der Waals surface area contributed by atoms with Crippen LogP contribution < -0.4 is 10.6 Å². The molecule has 0 fully saturated rings. The largest absolute Gasteiger partial charge is 0.385 e. The van der Waals surface area contributed by atoms with Gasteiger partial charge in [-0.15, -0.1) is 0 Å². The fourth-order valence-corrected chi connectivity index (χ4v) is 1.81. The Morgan fingerprint density at radius 3 is 2.79 bits per heavy atom. The Balaban J connectivity index is 2.43. The predicted molar refractivity (Wildman–Crippen MR) is 74.0 cm³/mol. The molecule has 0 aromatic heterocycles. The van der Waals surface area contributed by atoms with Crippen LogP contribution in [0.1, 0.15) is 29.6 Å². The van der Waals surface area contributed by atoms with Crippen molar-refractivity contribution in [1.82, 2.24) is 5.32 Å². The van der Waals surface area contributed by atoms with Crippen molar-refractivity contribution in [3.8, 4) is 0 Å². The molecule has 106 valence electrons. The standard InChI is InChI=1S/C14H21FN2O2/c1-16-13-11(7-6-8-12(13)15)14(18)17-9-4-3-5-10-19-2/h6-8,16H,3-5,9-10H2,1-2H3,(H,17,18). The van der Waals surface area contributed by atoms with E-state index in [4.69, 9.17) is 4.74 Å². The molecule has 2 N–H and O–H groups in total. The van der Waals surface area contributed by atoms with Crippen LogP contribution in [-0.4, -0.2) is 33.2 Å². The normalized spacial score (nSPS) is 10.3. The Bertz CT molecular complexity index is 410. The van der Waals surface area contributed by atoms with E-state index in [0.29, 0.717) is 12.1 Å². The molecule has 4 nitrogen and oxygen atoms in total. The second-order valence-electron chi connectivity index (χ2n) is 4.22. The Morgan fingerprint density at radius 2 is 2.11 bits per heavy atom. The van der Waals surface area contributed by atoms with Crippen molar-refractivity contribution in [2.45, 2.75) is 19.3 Å². The Hall–Kier alpha value is -1.62. The summed E-state index contributed by atoms with van der Waals surface area (Å²) < 4.78 is 18.4. The molecular formula is C14H21FN2O2. The van der Waals surface area contributed by atoms with Gasteiger partial charge in [0.25, 0.3) is 5.91 Å². The van der Waals surface area contributed by atoms with Crippen molar-refractivity contribution in [2.24, 2.45) is 0 Å². The van der Waals surface area contributed by atoms with E-state index in [1.807, 2.05) is 0 Å². The third-order valence-corrected chi connectivity index (χ3v) is 2.82. The first-order chi connectivity index (χ1) is 9.20. The van der Waals surface area contributed by atoms with E-state index in [0.717, 1.165) is 25.9 Å². The highest BCUT2D eigenvalue weighted by Gasteiger charge is 2.13. The quantitative estimate of drug-likeness (QED) is 0.712. The topological polar surface area (TPSA) is 50.4 Å². The van der Waals surface area contributed by atoms with Gasteiger partial charge in [0.05, 0.1) is 11.3 Å². The van der Waals surface area contributed by atoms with Crippen LogP contribution in [0.5, 0.6) is 0 Å². The maximum atomic E-state index is 13.5. The number of methoxy groups -OCH3 is 1. The summed E-state index contributed by atoms with van der Waals surface area (Å²) in [6, 6.07) is 4.46. The molecule has 0 unspecified atom stereocenters. The minimum absolute atomic E-state index is 0.236. The lowest BCUT2D eigenvalue weighted by atomic mass is 10.1. The number of ether oxygens (including phenoxy) is 1. The van der Waals surface area contributed by atoms with Crippen molar-refractivity contribution in [3.63, 3.8) is 0 Å². The van der Waals surface area contributed by atoms with Gasteiger partial charge >= 0.3 is 0 Å². The van der Waals surface area contributed by atoms with Crippen molar-refractivity contribution < 1.29 is 13.9 Å². The van der Waals surface area contributed by atoms with Gasteiger partial charge in [0, 0.05) is 27.3 Å². The highest BCUT2D eigenvalue weighted by molar-refractivity contribution is 5.99. The molecule has 0 saturated heterocycles. The first-order valence-corrected chi connectivity index (χ1v) is 6.44. The molecular weight excluding hydrogens is 247 g/mol. The number of carbonyl (C=O) groups excluding carboxylic acids is 1. The number of para-hydroxylation sites is 1. The zero-order valence-corrected chi connectivity index (χ0v) is 11.5. The van der Waals surface area contributed by atoms with E-state index in [2.05, 4.69) is 10.6 Å². The number of benzene rings is 1. The van der Waals surface area contributed by atoms with E-state index >= 15 is 0 Å². The molecule has 1 aromatic carbocycles. The molecule has 0 bridgehead atoms. The van der Waals surface area contributed by atoms with Crippen molar-refractivity contribution in [1.29, 1.82) is 0 Å². The van der Waals surface area contributed by atoms with Gasteiger partial charge in [-0.3, -0.25) is 4.79 Å². The summed E-state index contributed by atoms with van der Waals surface area (Å²) >= 11 is 0. The minimum atomic E-state index is -0.421. The lowest BCUT2D eigenvalue weighted by molar-refractivity contribution is 0.0953. The maximum Gasteiger partial charge on any atom is 0.253 e. The highest BCUT2D eigenvalue weighted by atomic mass is 19.1. The lowest BCUT2D eigenvalue weighted by Gasteiger charge is -2.10. The summed E-state index contributed by atoms with van der Waals surface area (Å²) in [5.74, 6) is -0.675. The minimum Gasteiger partial charge on any atom is -0.385 e. The summed E-state index contributed by atoms with van der Waals surface area (Å²) in [4.78, 5) is 11.9. The van der Waals surface area contributed by atoms with Crippen LogP contribution in [0.3, 0.4) is 0 Å². The SMILES string of the molecule is CNc1c(F)cccc1C(=O)NCCCCCOC. The third kappa shape index (κ3) is 4.87. The molecule has 0 aliphatic rings. The fraction of sp³-hybridized carbons (Fsp3) is 0.500. The third-order valence-electron chi connectivity index (χ3n) is 2.82. The van der Waals surface area contributed by atoms with E-state index in [1.165, 1.54) is 12.1 Å². The Kier molecular flexibility index (Phi) is 6.89. The number of unbranched alkanes of at least 4 members (excludes halogenated alkanes) is 2. The van der Waals surface area contributed by atoms with Gasteiger partial charge in [0.1, 0.15) is 5.82 Å². The average Bonchev–Trinajstić information content (AvgIpc) is 2.42. The highest BCUT2D eigenvalue weighted by Crippen LogP contribution is 2.18. The second kappa shape index (κ2) is 8.48. The number of halogens is 1. The summed E-state index contributed by atoms with van der Waals surface area (Å²) in [7, 11) is 3.27. The monoisotopic (exact) mass is 268 g/mol. The summed E-state index contributed by atoms with van der Waals surface area (Å²) in [5.41, 5.74) is 0.568. The first kappa shape index (κ1) is 15.4. The van der Waals surface area contributed by atoms with Crippen LogP contribution in [0, 0.1) is 5.82 Å². The number of hydrogen-bond acceptors (Lipinski definition) is 3. The number of rotatable bonds is 8. The number of anilines is 1. The van der Waals surface area contributed by atoms with Gasteiger partial charge in [-0.2, -0.15) is 0 Å². The number of carbonyl (C=O) groups is 1. The second-order valence-corrected chi connectivity index (χ2v) is 4.22. The van der Waals surface area contributed by atoms with Crippen LogP contribution in [0.4, 0.5) is 10.1 Å². The molecule has 0 radical (unpaired) electrons. The molecule has 1 rings (SSSR count). The van der Waals surface area contributed by atoms with Crippen LogP contribution in [-0.2, 0) is 4.74 Å². The fourth-order valence-electron chi connectivity index (χ4n) is 1.81. The zero-order chi connectivity index (χ0) is 14.1. The van der Waals surface area contributed by atoms with Gasteiger partial charge in [-0.1, -0.05) is 6.07 Å². The molecule has 0 spiro atoms. The van der Waals surface area contributed by atoms with Crippen LogP contribution in [0.15, 0.2) is 18.2 Å². The van der Waals surface area contributed by atoms with Crippen molar-refractivity contribution in [2.75, 3.05) is 32.6 Å². The number of hydrogen-bond donors (Lipinski definition) is 2. The van der Waals surface area contributed by atoms with Gasteiger partial charge in [0.2, 0.25) is 0 Å². The van der Waals surface area contributed by atoms with Crippen LogP contribution in [0.2, 0.25) is 0 Å². The maximum absolute atomic E-state index is 13.5. The van der Waals surface area contributed by atoms with Gasteiger partial charge in [0.15, 0.2) is 0 Å². The van der Waals surface area contributed by atoms with Gasteiger partial charge in [-0.05, 0) is 31.4 Å². The zero-order valence-electron chi connectivity index (χ0n) is 11.5. The molecule has 19 heavy (non-hydrogen) atoms. The molecule has 0 aliphatic carbocycles. The van der Waals surface area contributed by atoms with Gasteiger partial charge in [-0.25, -0.2) is 4.39 Å². The summed E-state index contributed by atoms with van der Waals surface area (Å²) in [5, 5.41) is 5.50. The van der Waals surface area contributed by atoms with Gasteiger partial charge < -0.3 is 15.4 Å². The molecule has 0 aliphatic heterocycles. The average molecular weight is 268 g/mol. The smallest absolute Gasteiger partial charge is 0.253 e. The van der Waals surface area contributed by atoms with E-state index in [9.17, 15) is 9.18 Å². The van der Waals surface area contributed by atoms with E-state index in [1.54, 1.807) is 20.2 Å². The van der Waals surface area contributed by atoms with E-state index < -0.39 is 5.82 Å². The number of nitrogens with one attached hydrogen (secondary N) is 2. The van der Waals surface area contributed by atoms with Crippen LogP contribution >= 0.6 is 0 Å². The first-order valence-electron chi connectivity index (χ1n) is 6.44. The summed E-state index contributed by atoms with van der Waals surface area (Å²) in [6.45, 7) is 1.32. The molecule has 1 aromatic rings. The Morgan fingerprint density at radius 1 is 1.32 bits per heavy atom. The molecule has 0 saturated carbocycles. The van der Waals surface area contributed by atoms with E-state index in [-0.39, 0.29) is 11.6 Å². The molecule has 1 amide bonds. The molecule has 0 heterocycles. The lowest BCUT2D eigenvalue weighted by Crippen LogP contribution is -2.25. The predicted octanol–water partition coefficient (Wildman–Crippen LogP) is 2.41.